The fourth-order valence-electron chi connectivity index (χ4n) is 5.00. The molecule has 0 saturated carbocycles. The minimum absolute atomic E-state index is 0.0737. The Morgan fingerprint density at radius 1 is 1.24 bits per heavy atom. The van der Waals surface area contributed by atoms with E-state index in [1.807, 2.05) is 5.43 Å². The van der Waals surface area contributed by atoms with Gasteiger partial charge in [-0.15, -0.1) is 0 Å². The zero-order valence-electron chi connectivity index (χ0n) is 18.0. The van der Waals surface area contributed by atoms with Crippen LogP contribution in [-0.2, 0) is 20.7 Å². The second kappa shape index (κ2) is 7.76. The number of amides is 6. The first-order chi connectivity index (χ1) is 15.5. The predicted molar refractivity (Wildman–Crippen MR) is 110 cm³/mol. The van der Waals surface area contributed by atoms with Gasteiger partial charge in [0.15, 0.2) is 17.0 Å². The molecule has 2 saturated heterocycles. The molecule has 33 heavy (non-hydrogen) atoms. The number of hydrogen-bond acceptors (Lipinski definition) is 7. The molecular formula is C20H22F2N6O5. The Hall–Kier alpha value is -3.61. The average molecular weight is 464 g/mol. The Kier molecular flexibility index (Phi) is 5.31. The van der Waals surface area contributed by atoms with E-state index in [9.17, 15) is 19.2 Å². The average Bonchev–Trinajstić information content (AvgIpc) is 2.71. The van der Waals surface area contributed by atoms with Crippen LogP contribution in [0.15, 0.2) is 11.2 Å². The second-order valence-corrected chi connectivity index (χ2v) is 8.37. The first-order valence-corrected chi connectivity index (χ1v) is 10.2. The van der Waals surface area contributed by atoms with Crippen molar-refractivity contribution in [2.24, 2.45) is 16.3 Å². The number of fused-ring (bicyclic) bond motifs is 4. The van der Waals surface area contributed by atoms with E-state index in [4.69, 9.17) is 10.5 Å². The summed E-state index contributed by atoms with van der Waals surface area (Å²) in [6.45, 7) is 4.77. The number of benzene rings is 1. The van der Waals surface area contributed by atoms with Crippen molar-refractivity contribution < 1.29 is 32.7 Å². The maximum Gasteiger partial charge on any atom is 0.332 e. The number of urea groups is 2. The summed E-state index contributed by atoms with van der Waals surface area (Å²) in [5.41, 5.74) is 4.79. The van der Waals surface area contributed by atoms with E-state index in [0.717, 1.165) is 0 Å². The number of rotatable bonds is 2. The molecule has 0 aliphatic carbocycles. The number of barbiturate groups is 1. The molecule has 13 heteroatoms. The monoisotopic (exact) mass is 464 g/mol. The van der Waals surface area contributed by atoms with Crippen molar-refractivity contribution in [3.63, 3.8) is 0 Å². The number of primary amides is 1. The molecule has 4 rings (SSSR count). The Morgan fingerprint density at radius 2 is 1.88 bits per heavy atom. The molecular weight excluding hydrogens is 442 g/mol. The van der Waals surface area contributed by atoms with Gasteiger partial charge in [0, 0.05) is 18.5 Å². The van der Waals surface area contributed by atoms with Crippen molar-refractivity contribution in [3.8, 4) is 0 Å². The minimum atomic E-state index is -1.83. The van der Waals surface area contributed by atoms with Crippen LogP contribution >= 0.6 is 0 Å². The third kappa shape index (κ3) is 3.39. The van der Waals surface area contributed by atoms with Crippen LogP contribution in [0.25, 0.3) is 0 Å². The highest BCUT2D eigenvalue weighted by atomic mass is 19.2. The predicted octanol–water partition coefficient (Wildman–Crippen LogP) is 0.248. The lowest BCUT2D eigenvalue weighted by Crippen LogP contribution is -2.75. The van der Waals surface area contributed by atoms with E-state index in [-0.39, 0.29) is 35.5 Å². The fourth-order valence-corrected chi connectivity index (χ4v) is 5.00. The fraction of sp³-hybridized carbons (Fsp3) is 0.450. The lowest BCUT2D eigenvalue weighted by Gasteiger charge is -2.55. The summed E-state index contributed by atoms with van der Waals surface area (Å²) in [6, 6.07) is -1.68. The van der Waals surface area contributed by atoms with Gasteiger partial charge in [0.2, 0.25) is 11.8 Å². The molecule has 11 nitrogen and oxygen atoms in total. The number of hydrazone groups is 1. The van der Waals surface area contributed by atoms with Gasteiger partial charge in [-0.05, 0) is 32.4 Å². The molecule has 0 aromatic heterocycles. The maximum atomic E-state index is 15.5. The van der Waals surface area contributed by atoms with Gasteiger partial charge >= 0.3 is 12.1 Å². The van der Waals surface area contributed by atoms with Crippen LogP contribution in [0.3, 0.4) is 0 Å². The van der Waals surface area contributed by atoms with E-state index in [1.165, 1.54) is 17.9 Å². The Morgan fingerprint density at radius 3 is 2.48 bits per heavy atom. The number of morpholine rings is 1. The lowest BCUT2D eigenvalue weighted by atomic mass is 9.66. The number of nitrogens with zero attached hydrogens (tertiary/aromatic N) is 2. The first-order valence-electron chi connectivity index (χ1n) is 10.2. The van der Waals surface area contributed by atoms with Gasteiger partial charge in [0.05, 0.1) is 29.6 Å². The molecule has 1 aromatic rings. The summed E-state index contributed by atoms with van der Waals surface area (Å²) in [5.74, 6) is -4.11. The van der Waals surface area contributed by atoms with E-state index >= 15 is 8.78 Å². The Bertz CT molecular complexity index is 1100. The summed E-state index contributed by atoms with van der Waals surface area (Å²) in [5, 5.41) is 7.88. The standard InChI is InChI=1S/C20H22F2N6O5/c1-7-6-28-14-10(4-11(12(21)13(14)22)8(2)26-27-18(23)31)5-20(15(28)9(3)33-7)16(29)24-19(32)25-17(20)30/h4,7,9,15H,5-6H2,1-3H3,(H3,23,27,31)(H2,24,25,29,30,32)/t7-,9+,15-/m1/s1. The zero-order valence-corrected chi connectivity index (χ0v) is 18.0. The molecule has 5 N–H and O–H groups in total. The van der Waals surface area contributed by atoms with Gasteiger partial charge in [-0.25, -0.2) is 23.8 Å². The summed E-state index contributed by atoms with van der Waals surface area (Å²) < 4.78 is 36.4. The first kappa shape index (κ1) is 22.6. The number of halogens is 2. The van der Waals surface area contributed by atoms with Gasteiger partial charge in [-0.2, -0.15) is 5.10 Å². The highest BCUT2D eigenvalue weighted by Gasteiger charge is 2.63. The minimum Gasteiger partial charge on any atom is -0.372 e. The quantitative estimate of drug-likeness (QED) is 0.279. The molecule has 3 aliphatic heterocycles. The number of nitrogens with two attached hydrogens (primary N) is 1. The number of anilines is 1. The lowest BCUT2D eigenvalue weighted by molar-refractivity contribution is -0.153. The highest BCUT2D eigenvalue weighted by Crippen LogP contribution is 2.48. The molecule has 176 valence electrons. The van der Waals surface area contributed by atoms with E-state index in [1.54, 1.807) is 13.8 Å². The van der Waals surface area contributed by atoms with Crippen molar-refractivity contribution in [3.05, 3.63) is 28.8 Å². The normalized spacial score (nSPS) is 26.3. The molecule has 1 aromatic carbocycles. The van der Waals surface area contributed by atoms with Crippen LogP contribution in [0.4, 0.5) is 24.1 Å². The van der Waals surface area contributed by atoms with Crippen LogP contribution in [0, 0.1) is 17.0 Å². The largest absolute Gasteiger partial charge is 0.372 e. The SMILES string of the molecule is CC(=NNC(N)=O)c1cc2c(c(F)c1F)N1C[C@@H](C)O[C@@H](C)[C@@H]1C1(C2)C(=O)NC(=O)NC1=O. The third-order valence-electron chi connectivity index (χ3n) is 6.19. The van der Waals surface area contributed by atoms with Crippen LogP contribution in [0.1, 0.15) is 31.9 Å². The van der Waals surface area contributed by atoms with Crippen molar-refractivity contribution in [1.29, 1.82) is 0 Å². The Balaban J connectivity index is 1.93. The number of carbonyl (C=O) groups is 4. The van der Waals surface area contributed by atoms with Crippen molar-refractivity contribution >= 4 is 35.3 Å². The zero-order chi connectivity index (χ0) is 24.2. The maximum absolute atomic E-state index is 15.5. The van der Waals surface area contributed by atoms with E-state index in [2.05, 4.69) is 15.7 Å². The van der Waals surface area contributed by atoms with Crippen LogP contribution < -0.4 is 26.7 Å². The second-order valence-electron chi connectivity index (χ2n) is 8.37. The third-order valence-corrected chi connectivity index (χ3v) is 6.19. The summed E-state index contributed by atoms with van der Waals surface area (Å²) in [4.78, 5) is 50.3. The van der Waals surface area contributed by atoms with Crippen molar-refractivity contribution in [2.75, 3.05) is 11.4 Å². The summed E-state index contributed by atoms with van der Waals surface area (Å²) in [6.07, 6.45) is -1.46. The van der Waals surface area contributed by atoms with Crippen molar-refractivity contribution in [2.45, 2.75) is 45.4 Å². The van der Waals surface area contributed by atoms with Crippen molar-refractivity contribution in [1.82, 2.24) is 16.1 Å². The molecule has 2 fully saturated rings. The number of carbonyl (C=O) groups excluding carboxylic acids is 4. The molecule has 6 amide bonds. The van der Waals surface area contributed by atoms with E-state index < -0.39 is 59.2 Å². The highest BCUT2D eigenvalue weighted by molar-refractivity contribution is 6.20. The van der Waals surface area contributed by atoms with E-state index in [0.29, 0.717) is 0 Å². The van der Waals surface area contributed by atoms with Gasteiger partial charge in [0.1, 0.15) is 0 Å². The molecule has 3 aliphatic rings. The summed E-state index contributed by atoms with van der Waals surface area (Å²) >= 11 is 0. The molecule has 0 radical (unpaired) electrons. The molecule has 0 unspecified atom stereocenters. The molecule has 3 heterocycles. The van der Waals surface area contributed by atoms with Gasteiger partial charge < -0.3 is 15.4 Å². The molecule has 1 spiro atoms. The number of ether oxygens (including phenoxy) is 1. The summed E-state index contributed by atoms with van der Waals surface area (Å²) in [7, 11) is 0. The molecule has 3 atom stereocenters. The number of nitrogens with one attached hydrogen (secondary N) is 3. The van der Waals surface area contributed by atoms with Gasteiger partial charge in [0.25, 0.3) is 0 Å². The van der Waals surface area contributed by atoms with Crippen LogP contribution in [0.5, 0.6) is 0 Å². The van der Waals surface area contributed by atoms with Gasteiger partial charge in [-0.1, -0.05) is 0 Å². The van der Waals surface area contributed by atoms with Crippen LogP contribution in [0.2, 0.25) is 0 Å². The number of imide groups is 2. The topological polar surface area (TPSA) is 155 Å². The Labute approximate surface area is 186 Å². The molecule has 0 bridgehead atoms. The smallest absolute Gasteiger partial charge is 0.332 e. The number of hydrogen-bond donors (Lipinski definition) is 4. The van der Waals surface area contributed by atoms with Crippen LogP contribution in [-0.4, -0.2) is 54.4 Å². The van der Waals surface area contributed by atoms with Gasteiger partial charge in [-0.3, -0.25) is 20.2 Å².